The van der Waals surface area contributed by atoms with Gasteiger partial charge >= 0.3 is 0 Å². The minimum absolute atomic E-state index is 0.657. The van der Waals surface area contributed by atoms with E-state index in [1.165, 1.54) is 51.4 Å². The fourth-order valence-corrected chi connectivity index (χ4v) is 3.96. The summed E-state index contributed by atoms with van der Waals surface area (Å²) in [5.74, 6) is 1.75. The predicted octanol–water partition coefficient (Wildman–Crippen LogP) is 3.29. The second kappa shape index (κ2) is 6.85. The van der Waals surface area contributed by atoms with Crippen molar-refractivity contribution in [3.8, 4) is 0 Å². The van der Waals surface area contributed by atoms with Crippen molar-refractivity contribution in [2.45, 2.75) is 69.7 Å². The molecule has 1 aromatic rings. The number of aromatic nitrogens is 2. The molecule has 0 atom stereocenters. The van der Waals surface area contributed by atoms with Crippen molar-refractivity contribution < 1.29 is 0 Å². The summed E-state index contributed by atoms with van der Waals surface area (Å²) in [5.41, 5.74) is 5.72. The fraction of sp³-hybridized carbons (Fsp3) is 0.867. The molecule has 0 radical (unpaired) electrons. The summed E-state index contributed by atoms with van der Waals surface area (Å²) in [6, 6.07) is 0.657. The molecule has 3 rings (SSSR count). The Morgan fingerprint density at radius 3 is 2.50 bits per heavy atom. The van der Waals surface area contributed by atoms with Crippen LogP contribution in [0.25, 0.3) is 0 Å². The summed E-state index contributed by atoms with van der Waals surface area (Å²) < 4.78 is 4.58. The van der Waals surface area contributed by atoms with E-state index in [2.05, 4.69) is 9.27 Å². The molecule has 1 heterocycles. The molecule has 20 heavy (non-hydrogen) atoms. The maximum Gasteiger partial charge on any atom is 0.205 e. The van der Waals surface area contributed by atoms with E-state index < -0.39 is 0 Å². The van der Waals surface area contributed by atoms with Gasteiger partial charge in [0.2, 0.25) is 5.13 Å². The summed E-state index contributed by atoms with van der Waals surface area (Å²) >= 11 is 1.60. The number of anilines is 1. The van der Waals surface area contributed by atoms with E-state index in [0.29, 0.717) is 12.0 Å². The predicted molar refractivity (Wildman–Crippen MR) is 84.4 cm³/mol. The highest BCUT2D eigenvalue weighted by Crippen LogP contribution is 2.40. The van der Waals surface area contributed by atoms with E-state index >= 15 is 0 Å². The van der Waals surface area contributed by atoms with Crippen molar-refractivity contribution >= 4 is 16.7 Å². The van der Waals surface area contributed by atoms with E-state index in [1.54, 1.807) is 11.5 Å². The standard InChI is InChI=1S/C15H26N4S/c16-10-5-11-19(13-6-3-1-2-4-7-13)15-17-14(18-20-15)12-8-9-12/h12-13H,1-11,16H2. The molecule has 0 aromatic carbocycles. The molecular formula is C15H26N4S. The third-order valence-corrected chi connectivity index (χ3v) is 5.26. The molecule has 2 fully saturated rings. The Morgan fingerprint density at radius 2 is 1.85 bits per heavy atom. The van der Waals surface area contributed by atoms with Crippen molar-refractivity contribution in [2.24, 2.45) is 5.73 Å². The molecule has 2 saturated carbocycles. The Bertz CT molecular complexity index is 408. The van der Waals surface area contributed by atoms with Crippen molar-refractivity contribution in [3.63, 3.8) is 0 Å². The Labute approximate surface area is 125 Å². The summed E-state index contributed by atoms with van der Waals surface area (Å²) in [4.78, 5) is 7.34. The van der Waals surface area contributed by atoms with Gasteiger partial charge in [-0.15, -0.1) is 0 Å². The number of nitrogens with two attached hydrogens (primary N) is 1. The molecule has 0 unspecified atom stereocenters. The van der Waals surface area contributed by atoms with Gasteiger partial charge in [-0.3, -0.25) is 0 Å². The van der Waals surface area contributed by atoms with Gasteiger partial charge in [-0.2, -0.15) is 4.37 Å². The van der Waals surface area contributed by atoms with Gasteiger partial charge in [0.1, 0.15) is 5.82 Å². The molecular weight excluding hydrogens is 268 g/mol. The largest absolute Gasteiger partial charge is 0.344 e. The first-order valence-corrected chi connectivity index (χ1v) is 8.96. The van der Waals surface area contributed by atoms with Crippen LogP contribution in [-0.2, 0) is 0 Å². The maximum absolute atomic E-state index is 5.72. The lowest BCUT2D eigenvalue weighted by Gasteiger charge is -2.30. The topological polar surface area (TPSA) is 55.0 Å². The highest BCUT2D eigenvalue weighted by atomic mass is 32.1. The van der Waals surface area contributed by atoms with Crippen molar-refractivity contribution in [1.82, 2.24) is 9.36 Å². The monoisotopic (exact) mass is 294 g/mol. The van der Waals surface area contributed by atoms with Gasteiger partial charge in [0.25, 0.3) is 0 Å². The zero-order chi connectivity index (χ0) is 13.8. The van der Waals surface area contributed by atoms with Crippen molar-refractivity contribution in [3.05, 3.63) is 5.82 Å². The summed E-state index contributed by atoms with van der Waals surface area (Å²) in [7, 11) is 0. The molecule has 0 spiro atoms. The minimum atomic E-state index is 0.657. The summed E-state index contributed by atoms with van der Waals surface area (Å²) in [6.07, 6.45) is 11.7. The van der Waals surface area contributed by atoms with Crippen molar-refractivity contribution in [2.75, 3.05) is 18.0 Å². The van der Waals surface area contributed by atoms with Gasteiger partial charge in [0, 0.05) is 30.0 Å². The van der Waals surface area contributed by atoms with Crippen LogP contribution in [0.2, 0.25) is 0 Å². The minimum Gasteiger partial charge on any atom is -0.344 e. The van der Waals surface area contributed by atoms with Gasteiger partial charge in [-0.1, -0.05) is 25.7 Å². The first-order valence-electron chi connectivity index (χ1n) is 8.19. The van der Waals surface area contributed by atoms with E-state index in [1.807, 2.05) is 0 Å². The normalized spacial score (nSPS) is 20.9. The van der Waals surface area contributed by atoms with Gasteiger partial charge in [-0.25, -0.2) is 4.98 Å². The third kappa shape index (κ3) is 3.50. The molecule has 0 bridgehead atoms. The van der Waals surface area contributed by atoms with Crippen LogP contribution >= 0.6 is 11.5 Å². The van der Waals surface area contributed by atoms with Crippen LogP contribution in [0, 0.1) is 0 Å². The SMILES string of the molecule is NCCCN(c1nc(C2CC2)ns1)C1CCCCCC1. The highest BCUT2D eigenvalue weighted by molar-refractivity contribution is 7.09. The third-order valence-electron chi connectivity index (χ3n) is 4.49. The van der Waals surface area contributed by atoms with E-state index in [4.69, 9.17) is 10.7 Å². The van der Waals surface area contributed by atoms with Crippen LogP contribution in [-0.4, -0.2) is 28.5 Å². The zero-order valence-corrected chi connectivity index (χ0v) is 13.1. The molecule has 0 saturated heterocycles. The van der Waals surface area contributed by atoms with Crippen LogP contribution in [0.1, 0.15) is 69.5 Å². The van der Waals surface area contributed by atoms with Crippen LogP contribution in [0.15, 0.2) is 0 Å². The fourth-order valence-electron chi connectivity index (χ4n) is 3.12. The Morgan fingerprint density at radius 1 is 1.10 bits per heavy atom. The van der Waals surface area contributed by atoms with Gasteiger partial charge in [0.05, 0.1) is 0 Å². The molecule has 5 heteroatoms. The Balaban J connectivity index is 1.72. The van der Waals surface area contributed by atoms with E-state index in [-0.39, 0.29) is 0 Å². The molecule has 0 aliphatic heterocycles. The van der Waals surface area contributed by atoms with Crippen LogP contribution in [0.3, 0.4) is 0 Å². The molecule has 1 aromatic heterocycles. The quantitative estimate of drug-likeness (QED) is 0.818. The van der Waals surface area contributed by atoms with Crippen molar-refractivity contribution in [1.29, 1.82) is 0 Å². The first-order chi connectivity index (χ1) is 9.88. The lowest BCUT2D eigenvalue weighted by atomic mass is 10.1. The van der Waals surface area contributed by atoms with Crippen LogP contribution in [0.5, 0.6) is 0 Å². The number of hydrogen-bond acceptors (Lipinski definition) is 5. The smallest absolute Gasteiger partial charge is 0.205 e. The maximum atomic E-state index is 5.72. The van der Waals surface area contributed by atoms with Crippen LogP contribution in [0.4, 0.5) is 5.13 Å². The van der Waals surface area contributed by atoms with E-state index in [0.717, 1.165) is 30.5 Å². The number of nitrogens with zero attached hydrogens (tertiary/aromatic N) is 3. The second-order valence-corrected chi connectivity index (χ2v) is 6.92. The number of rotatable bonds is 6. The molecule has 112 valence electrons. The summed E-state index contributed by atoms with van der Waals surface area (Å²) in [5, 5.41) is 1.15. The lowest BCUT2D eigenvalue weighted by molar-refractivity contribution is 0.518. The van der Waals surface area contributed by atoms with Gasteiger partial charge in [-0.05, 0) is 38.6 Å². The molecule has 0 amide bonds. The average Bonchev–Trinajstić information content (AvgIpc) is 3.25. The zero-order valence-electron chi connectivity index (χ0n) is 12.3. The lowest BCUT2D eigenvalue weighted by Crippen LogP contribution is -2.36. The van der Waals surface area contributed by atoms with E-state index in [9.17, 15) is 0 Å². The average molecular weight is 294 g/mol. The second-order valence-electron chi connectivity index (χ2n) is 6.19. The molecule has 2 aliphatic rings. The van der Waals surface area contributed by atoms with Crippen LogP contribution < -0.4 is 10.6 Å². The highest BCUT2D eigenvalue weighted by Gasteiger charge is 2.30. The van der Waals surface area contributed by atoms with Gasteiger partial charge < -0.3 is 10.6 Å². The van der Waals surface area contributed by atoms with Gasteiger partial charge in [0.15, 0.2) is 0 Å². The first kappa shape index (κ1) is 14.3. The summed E-state index contributed by atoms with van der Waals surface area (Å²) in [6.45, 7) is 1.80. The Hall–Kier alpha value is -0.680. The molecule has 2 aliphatic carbocycles. The molecule has 2 N–H and O–H groups in total. The number of hydrogen-bond donors (Lipinski definition) is 1. The molecule has 4 nitrogen and oxygen atoms in total. The Kier molecular flexibility index (Phi) is 4.89.